The predicted molar refractivity (Wildman–Crippen MR) is 87.8 cm³/mol. The Bertz CT molecular complexity index is 640. The summed E-state index contributed by atoms with van der Waals surface area (Å²) in [7, 11) is 0. The average Bonchev–Trinajstić information content (AvgIpc) is 2.51. The third kappa shape index (κ3) is 4.50. The van der Waals surface area contributed by atoms with Crippen molar-refractivity contribution < 1.29 is 14.6 Å². The van der Waals surface area contributed by atoms with Gasteiger partial charge in [-0.05, 0) is 48.2 Å². The van der Waals surface area contributed by atoms with Crippen LogP contribution in [0.1, 0.15) is 30.4 Å². The molecule has 0 spiro atoms. The molecule has 0 saturated carbocycles. The number of hydrogen-bond acceptors (Lipinski definition) is 2. The number of carboxylic acid groups (broad SMARTS) is 1. The Labute approximate surface area is 135 Å². The van der Waals surface area contributed by atoms with Crippen molar-refractivity contribution >= 4 is 17.6 Å². The highest BCUT2D eigenvalue weighted by atomic mass is 35.5. The van der Waals surface area contributed by atoms with Crippen LogP contribution in [0.15, 0.2) is 48.5 Å². The van der Waals surface area contributed by atoms with Crippen molar-refractivity contribution in [3.8, 4) is 5.75 Å². The Kier molecular flexibility index (Phi) is 5.84. The lowest BCUT2D eigenvalue weighted by molar-refractivity contribution is -0.139. The molecule has 0 radical (unpaired) electrons. The number of aryl methyl sites for hydroxylation is 1. The summed E-state index contributed by atoms with van der Waals surface area (Å²) in [4.78, 5) is 11.5. The van der Waals surface area contributed by atoms with Crippen LogP contribution in [-0.4, -0.2) is 17.7 Å². The summed E-state index contributed by atoms with van der Waals surface area (Å²) in [5.74, 6) is -0.712. The fourth-order valence-corrected chi connectivity index (χ4v) is 2.50. The smallest absolute Gasteiger partial charge is 0.311 e. The first-order valence-corrected chi connectivity index (χ1v) is 7.68. The molecule has 0 amide bonds. The van der Waals surface area contributed by atoms with E-state index in [1.165, 1.54) is 5.56 Å². The molecule has 2 aromatic carbocycles. The zero-order chi connectivity index (χ0) is 15.9. The van der Waals surface area contributed by atoms with E-state index in [2.05, 4.69) is 6.92 Å². The number of hydrogen-bond donors (Lipinski definition) is 1. The minimum atomic E-state index is -0.867. The maximum Gasteiger partial charge on any atom is 0.311 e. The molecule has 0 aliphatic carbocycles. The zero-order valence-corrected chi connectivity index (χ0v) is 13.2. The van der Waals surface area contributed by atoms with Gasteiger partial charge in [0.15, 0.2) is 0 Å². The molecule has 1 N–H and O–H groups in total. The summed E-state index contributed by atoms with van der Waals surface area (Å²) in [5, 5.41) is 9.94. The minimum Gasteiger partial charge on any atom is -0.494 e. The van der Waals surface area contributed by atoms with Crippen molar-refractivity contribution in [1.82, 2.24) is 0 Å². The molecule has 2 aromatic rings. The van der Waals surface area contributed by atoms with E-state index in [4.69, 9.17) is 16.3 Å². The van der Waals surface area contributed by atoms with Crippen molar-refractivity contribution in [3.63, 3.8) is 0 Å². The number of aliphatic carboxylic acids is 1. The van der Waals surface area contributed by atoms with E-state index in [0.29, 0.717) is 23.6 Å². The van der Waals surface area contributed by atoms with Crippen LogP contribution < -0.4 is 4.74 Å². The Balaban J connectivity index is 1.99. The van der Waals surface area contributed by atoms with Gasteiger partial charge in [0.1, 0.15) is 5.75 Å². The highest BCUT2D eigenvalue weighted by molar-refractivity contribution is 6.30. The Morgan fingerprint density at radius 2 is 2.00 bits per heavy atom. The summed E-state index contributed by atoms with van der Waals surface area (Å²) in [6, 6.07) is 14.8. The largest absolute Gasteiger partial charge is 0.494 e. The molecule has 2 rings (SSSR count). The van der Waals surface area contributed by atoms with E-state index in [1.54, 1.807) is 24.3 Å². The maximum atomic E-state index is 11.5. The van der Waals surface area contributed by atoms with Crippen LogP contribution in [-0.2, 0) is 11.2 Å². The molecule has 1 unspecified atom stereocenters. The van der Waals surface area contributed by atoms with Gasteiger partial charge in [-0.3, -0.25) is 4.79 Å². The monoisotopic (exact) mass is 318 g/mol. The standard InChI is InChI=1S/C18H19ClO3/c1-2-13-5-3-8-16(11-13)22-10-9-17(18(20)21)14-6-4-7-15(19)12-14/h3-8,11-12,17H,2,9-10H2,1H3,(H,20,21). The molecule has 0 aromatic heterocycles. The van der Waals surface area contributed by atoms with E-state index >= 15 is 0 Å². The predicted octanol–water partition coefficient (Wildman–Crippen LogP) is 4.54. The van der Waals surface area contributed by atoms with Crippen molar-refractivity contribution in [2.45, 2.75) is 25.7 Å². The van der Waals surface area contributed by atoms with Crippen molar-refractivity contribution in [2.75, 3.05) is 6.61 Å². The van der Waals surface area contributed by atoms with Gasteiger partial charge in [-0.25, -0.2) is 0 Å². The average molecular weight is 319 g/mol. The summed E-state index contributed by atoms with van der Waals surface area (Å²) in [6.45, 7) is 2.43. The van der Waals surface area contributed by atoms with Crippen molar-refractivity contribution in [1.29, 1.82) is 0 Å². The Hall–Kier alpha value is -2.00. The fourth-order valence-electron chi connectivity index (χ4n) is 2.31. The molecule has 0 bridgehead atoms. The van der Waals surface area contributed by atoms with Gasteiger partial charge in [0.25, 0.3) is 0 Å². The molecule has 22 heavy (non-hydrogen) atoms. The van der Waals surface area contributed by atoms with Gasteiger partial charge >= 0.3 is 5.97 Å². The van der Waals surface area contributed by atoms with Crippen LogP contribution in [0.4, 0.5) is 0 Å². The maximum absolute atomic E-state index is 11.5. The topological polar surface area (TPSA) is 46.5 Å². The van der Waals surface area contributed by atoms with Gasteiger partial charge in [-0.1, -0.05) is 42.8 Å². The SMILES string of the molecule is CCc1cccc(OCCC(C(=O)O)c2cccc(Cl)c2)c1. The quantitative estimate of drug-likeness (QED) is 0.815. The first kappa shape index (κ1) is 16.4. The lowest BCUT2D eigenvalue weighted by Gasteiger charge is -2.14. The fraction of sp³-hybridized carbons (Fsp3) is 0.278. The molecule has 116 valence electrons. The number of carboxylic acids is 1. The number of benzene rings is 2. The van der Waals surface area contributed by atoms with Gasteiger partial charge in [-0.2, -0.15) is 0 Å². The van der Waals surface area contributed by atoms with Crippen LogP contribution in [0.3, 0.4) is 0 Å². The third-order valence-electron chi connectivity index (χ3n) is 3.53. The van der Waals surface area contributed by atoms with Crippen LogP contribution >= 0.6 is 11.6 Å². The van der Waals surface area contributed by atoms with E-state index in [1.807, 2.05) is 24.3 Å². The summed E-state index contributed by atoms with van der Waals surface area (Å²) in [6.07, 6.45) is 1.34. The Morgan fingerprint density at radius 1 is 1.23 bits per heavy atom. The molecule has 1 atom stereocenters. The number of halogens is 1. The van der Waals surface area contributed by atoms with E-state index < -0.39 is 11.9 Å². The van der Waals surface area contributed by atoms with Gasteiger partial charge in [0.05, 0.1) is 12.5 Å². The summed E-state index contributed by atoms with van der Waals surface area (Å²) >= 11 is 5.93. The molecule has 0 aliphatic rings. The highest BCUT2D eigenvalue weighted by Crippen LogP contribution is 2.24. The Morgan fingerprint density at radius 3 is 2.68 bits per heavy atom. The van der Waals surface area contributed by atoms with E-state index in [0.717, 1.165) is 12.2 Å². The number of rotatable bonds is 7. The van der Waals surface area contributed by atoms with Gasteiger partial charge in [0.2, 0.25) is 0 Å². The highest BCUT2D eigenvalue weighted by Gasteiger charge is 2.20. The van der Waals surface area contributed by atoms with Gasteiger partial charge in [0, 0.05) is 5.02 Å². The van der Waals surface area contributed by atoms with Crippen LogP contribution in [0.25, 0.3) is 0 Å². The number of ether oxygens (including phenoxy) is 1. The molecule has 0 heterocycles. The molecule has 0 aliphatic heterocycles. The summed E-state index contributed by atoms with van der Waals surface area (Å²) < 4.78 is 5.68. The number of carbonyl (C=O) groups is 1. The molecular weight excluding hydrogens is 300 g/mol. The second-order valence-corrected chi connectivity index (χ2v) is 5.52. The molecular formula is C18H19ClO3. The first-order valence-electron chi connectivity index (χ1n) is 7.30. The molecule has 0 saturated heterocycles. The minimum absolute atomic E-state index is 0.344. The van der Waals surface area contributed by atoms with Gasteiger partial charge < -0.3 is 9.84 Å². The third-order valence-corrected chi connectivity index (χ3v) is 3.77. The molecule has 4 heteroatoms. The van der Waals surface area contributed by atoms with E-state index in [9.17, 15) is 9.90 Å². The molecule has 0 fully saturated rings. The van der Waals surface area contributed by atoms with Gasteiger partial charge in [-0.15, -0.1) is 0 Å². The second-order valence-electron chi connectivity index (χ2n) is 5.08. The van der Waals surface area contributed by atoms with E-state index in [-0.39, 0.29) is 0 Å². The summed E-state index contributed by atoms with van der Waals surface area (Å²) in [5.41, 5.74) is 1.90. The zero-order valence-electron chi connectivity index (χ0n) is 12.5. The lowest BCUT2D eigenvalue weighted by Crippen LogP contribution is -2.15. The lowest BCUT2D eigenvalue weighted by atomic mass is 9.96. The normalized spacial score (nSPS) is 11.9. The van der Waals surface area contributed by atoms with Crippen LogP contribution in [0.5, 0.6) is 5.75 Å². The van der Waals surface area contributed by atoms with Crippen LogP contribution in [0, 0.1) is 0 Å². The van der Waals surface area contributed by atoms with Crippen LogP contribution in [0.2, 0.25) is 5.02 Å². The molecule has 3 nitrogen and oxygen atoms in total. The van der Waals surface area contributed by atoms with Crippen molar-refractivity contribution in [3.05, 3.63) is 64.7 Å². The second kappa shape index (κ2) is 7.85. The van der Waals surface area contributed by atoms with Crippen molar-refractivity contribution in [2.24, 2.45) is 0 Å². The first-order chi connectivity index (χ1) is 10.6.